The highest BCUT2D eigenvalue weighted by Gasteiger charge is 2.36. The van der Waals surface area contributed by atoms with Crippen molar-refractivity contribution < 1.29 is 40.3 Å². The van der Waals surface area contributed by atoms with Gasteiger partial charge in [0.1, 0.15) is 11.3 Å². The Morgan fingerprint density at radius 2 is 1.57 bits per heavy atom. The van der Waals surface area contributed by atoms with E-state index in [0.717, 1.165) is 12.3 Å². The van der Waals surface area contributed by atoms with Crippen LogP contribution in [-0.2, 0) is 12.7 Å². The molecule has 0 unspecified atom stereocenters. The van der Waals surface area contributed by atoms with Gasteiger partial charge in [0, 0.05) is 49.9 Å². The normalized spacial score (nSPS) is 14.7. The highest BCUT2D eigenvalue weighted by atomic mass is 19.4. The number of ether oxygens (including phenoxy) is 1. The number of nitrogens with zero attached hydrogens (tertiary/aromatic N) is 5. The van der Waals surface area contributed by atoms with E-state index < -0.39 is 53.2 Å². The number of hydrogen-bond donors (Lipinski definition) is 0. The van der Waals surface area contributed by atoms with Crippen molar-refractivity contribution in [3.8, 4) is 17.0 Å². The van der Waals surface area contributed by atoms with E-state index in [9.17, 15) is 35.5 Å². The second kappa shape index (κ2) is 10.4. The molecule has 1 amide bonds. The summed E-state index contributed by atoms with van der Waals surface area (Å²) in [5.41, 5.74) is -2.04. The molecule has 0 atom stereocenters. The second-order valence-corrected chi connectivity index (χ2v) is 9.06. The summed E-state index contributed by atoms with van der Waals surface area (Å²) < 4.78 is 103. The predicted molar refractivity (Wildman–Crippen MR) is 127 cm³/mol. The Balaban J connectivity index is 1.40. The Morgan fingerprint density at radius 1 is 0.950 bits per heavy atom. The fourth-order valence-electron chi connectivity index (χ4n) is 4.49. The number of fused-ring (bicyclic) bond motifs is 1. The van der Waals surface area contributed by atoms with Crippen LogP contribution in [0.2, 0.25) is 0 Å². The van der Waals surface area contributed by atoms with Gasteiger partial charge in [-0.1, -0.05) is 0 Å². The highest BCUT2D eigenvalue weighted by molar-refractivity contribution is 6.00. The number of rotatable bonds is 5. The largest absolute Gasteiger partial charge is 0.497 e. The molecular formula is C26H20F7N5O2. The summed E-state index contributed by atoms with van der Waals surface area (Å²) in [4.78, 5) is 20.5. The van der Waals surface area contributed by atoms with Crippen LogP contribution in [0.15, 0.2) is 42.6 Å². The molecule has 40 heavy (non-hydrogen) atoms. The van der Waals surface area contributed by atoms with Gasteiger partial charge in [-0.25, -0.2) is 27.1 Å². The summed E-state index contributed by atoms with van der Waals surface area (Å²) in [5, 5.41) is 3.77. The maximum atomic E-state index is 14.1. The zero-order chi connectivity index (χ0) is 28.8. The number of amides is 1. The lowest BCUT2D eigenvalue weighted by Crippen LogP contribution is -2.48. The Kier molecular flexibility index (Phi) is 7.12. The van der Waals surface area contributed by atoms with Gasteiger partial charge in [0.2, 0.25) is 0 Å². The summed E-state index contributed by atoms with van der Waals surface area (Å²) >= 11 is 0. The summed E-state index contributed by atoms with van der Waals surface area (Å²) in [7, 11) is 1.45. The topological polar surface area (TPSA) is 63.0 Å². The lowest BCUT2D eigenvalue weighted by atomic mass is 10.1. The van der Waals surface area contributed by atoms with E-state index in [1.54, 1.807) is 12.1 Å². The molecule has 3 heterocycles. The van der Waals surface area contributed by atoms with E-state index in [2.05, 4.69) is 10.1 Å². The van der Waals surface area contributed by atoms with Crippen LogP contribution in [0.1, 0.15) is 21.6 Å². The van der Waals surface area contributed by atoms with E-state index in [-0.39, 0.29) is 49.1 Å². The molecule has 1 saturated heterocycles. The molecule has 2 aromatic heterocycles. The molecule has 0 aliphatic carbocycles. The van der Waals surface area contributed by atoms with Gasteiger partial charge in [-0.3, -0.25) is 9.69 Å². The summed E-state index contributed by atoms with van der Waals surface area (Å²) in [6, 6.07) is 7.15. The molecule has 1 aliphatic rings. The molecule has 2 aromatic carbocycles. The van der Waals surface area contributed by atoms with Gasteiger partial charge in [0.05, 0.1) is 19.0 Å². The summed E-state index contributed by atoms with van der Waals surface area (Å²) in [6.07, 6.45) is -3.80. The minimum absolute atomic E-state index is 0.0293. The first kappa shape index (κ1) is 27.4. The predicted octanol–water partition coefficient (Wildman–Crippen LogP) is 4.94. The molecule has 14 heteroatoms. The van der Waals surface area contributed by atoms with Gasteiger partial charge in [-0.05, 0) is 30.3 Å². The average Bonchev–Trinajstić information content (AvgIpc) is 3.37. The van der Waals surface area contributed by atoms with Crippen molar-refractivity contribution in [3.05, 3.63) is 82.7 Å². The third-order valence-electron chi connectivity index (χ3n) is 6.62. The van der Waals surface area contributed by atoms with E-state index in [1.165, 1.54) is 29.0 Å². The number of alkyl halides is 3. The monoisotopic (exact) mass is 567 g/mol. The number of halogens is 7. The Hall–Kier alpha value is -4.20. The average molecular weight is 567 g/mol. The van der Waals surface area contributed by atoms with Gasteiger partial charge in [0.25, 0.3) is 5.91 Å². The smallest absolute Gasteiger partial charge is 0.433 e. The lowest BCUT2D eigenvalue weighted by Gasteiger charge is -2.34. The standard InChI is InChI=1S/C26H20F7N5O2/c1-40-15-4-2-14(3-5-15)20-11-21(26(31,32)33)38-24(35-20)16(12-34-38)25(39)37-8-6-36(7-9-37)13-17-22(29)18(27)10-19(28)23(17)30/h2-5,10-12H,6-9,13H2,1H3. The van der Waals surface area contributed by atoms with Crippen LogP contribution >= 0.6 is 0 Å². The van der Waals surface area contributed by atoms with Crippen LogP contribution in [0.4, 0.5) is 30.7 Å². The fraction of sp³-hybridized carbons (Fsp3) is 0.269. The zero-order valence-electron chi connectivity index (χ0n) is 20.8. The number of piperazine rings is 1. The van der Waals surface area contributed by atoms with Crippen molar-refractivity contribution in [1.82, 2.24) is 24.4 Å². The first-order valence-electron chi connectivity index (χ1n) is 11.9. The maximum absolute atomic E-state index is 14.1. The molecule has 210 valence electrons. The van der Waals surface area contributed by atoms with Gasteiger partial charge >= 0.3 is 6.18 Å². The first-order valence-corrected chi connectivity index (χ1v) is 11.9. The molecule has 0 N–H and O–H groups in total. The van der Waals surface area contributed by atoms with Crippen LogP contribution in [-0.4, -0.2) is 63.6 Å². The fourth-order valence-corrected chi connectivity index (χ4v) is 4.49. The molecule has 7 nitrogen and oxygen atoms in total. The van der Waals surface area contributed by atoms with Gasteiger partial charge < -0.3 is 9.64 Å². The van der Waals surface area contributed by atoms with Crippen molar-refractivity contribution in [3.63, 3.8) is 0 Å². The van der Waals surface area contributed by atoms with Crippen molar-refractivity contribution in [2.24, 2.45) is 0 Å². The number of methoxy groups -OCH3 is 1. The number of hydrogen-bond acceptors (Lipinski definition) is 5. The molecular weight excluding hydrogens is 547 g/mol. The molecule has 0 saturated carbocycles. The number of carbonyl (C=O) groups is 1. The molecule has 1 fully saturated rings. The Labute approximate surface area is 222 Å². The zero-order valence-corrected chi connectivity index (χ0v) is 20.8. The van der Waals surface area contributed by atoms with E-state index in [0.29, 0.717) is 15.8 Å². The lowest BCUT2D eigenvalue weighted by molar-refractivity contribution is -0.142. The molecule has 5 rings (SSSR count). The minimum atomic E-state index is -4.80. The van der Waals surface area contributed by atoms with Crippen LogP contribution in [0.5, 0.6) is 5.75 Å². The SMILES string of the molecule is COc1ccc(-c2cc(C(F)(F)F)n3ncc(C(=O)N4CCN(Cc5c(F)c(F)cc(F)c5F)CC4)c3n2)cc1. The Bertz CT molecular complexity index is 1550. The third-order valence-corrected chi connectivity index (χ3v) is 6.62. The van der Waals surface area contributed by atoms with Crippen LogP contribution in [0.3, 0.4) is 0 Å². The number of benzene rings is 2. The highest BCUT2D eigenvalue weighted by Crippen LogP contribution is 2.33. The van der Waals surface area contributed by atoms with E-state index in [4.69, 9.17) is 4.74 Å². The minimum Gasteiger partial charge on any atom is -0.497 e. The van der Waals surface area contributed by atoms with Crippen LogP contribution in [0, 0.1) is 23.3 Å². The van der Waals surface area contributed by atoms with Crippen molar-refractivity contribution in [1.29, 1.82) is 0 Å². The van der Waals surface area contributed by atoms with Gasteiger partial charge in [-0.2, -0.15) is 18.3 Å². The Morgan fingerprint density at radius 3 is 2.15 bits per heavy atom. The maximum Gasteiger partial charge on any atom is 0.433 e. The van der Waals surface area contributed by atoms with Crippen LogP contribution in [0.25, 0.3) is 16.9 Å². The number of aromatic nitrogens is 3. The van der Waals surface area contributed by atoms with Crippen molar-refractivity contribution >= 4 is 11.6 Å². The number of carbonyl (C=O) groups excluding carboxylic acids is 1. The van der Waals surface area contributed by atoms with Crippen LogP contribution < -0.4 is 4.74 Å². The van der Waals surface area contributed by atoms with Gasteiger partial charge in [-0.15, -0.1) is 0 Å². The second-order valence-electron chi connectivity index (χ2n) is 9.06. The third kappa shape index (κ3) is 5.06. The summed E-state index contributed by atoms with van der Waals surface area (Å²) in [5.74, 6) is -6.18. The first-order chi connectivity index (χ1) is 19.0. The van der Waals surface area contributed by atoms with Gasteiger partial charge in [0.15, 0.2) is 34.6 Å². The quantitative estimate of drug-likeness (QED) is 0.253. The molecule has 1 aliphatic heterocycles. The van der Waals surface area contributed by atoms with Crippen molar-refractivity contribution in [2.75, 3.05) is 33.3 Å². The summed E-state index contributed by atoms with van der Waals surface area (Å²) in [6.45, 7) is -0.212. The molecule has 0 bridgehead atoms. The van der Waals surface area contributed by atoms with Crippen molar-refractivity contribution in [2.45, 2.75) is 12.7 Å². The molecule has 0 spiro atoms. The van der Waals surface area contributed by atoms with E-state index >= 15 is 0 Å². The molecule has 4 aromatic rings. The van der Waals surface area contributed by atoms with E-state index in [1.807, 2.05) is 0 Å². The molecule has 0 radical (unpaired) electrons.